The third-order valence-corrected chi connectivity index (χ3v) is 7.62. The number of esters is 1. The Labute approximate surface area is 217 Å². The van der Waals surface area contributed by atoms with Gasteiger partial charge in [-0.05, 0) is 17.7 Å². The molecule has 190 valence electrons. The van der Waals surface area contributed by atoms with Gasteiger partial charge in [0.2, 0.25) is 0 Å². The lowest BCUT2D eigenvalue weighted by Gasteiger charge is -2.38. The Morgan fingerprint density at radius 2 is 1.89 bits per heavy atom. The number of fused-ring (bicyclic) bond motifs is 3. The fourth-order valence-corrected chi connectivity index (χ4v) is 5.96. The van der Waals surface area contributed by atoms with Gasteiger partial charge < -0.3 is 23.9 Å². The summed E-state index contributed by atoms with van der Waals surface area (Å²) >= 11 is 1.32. The van der Waals surface area contributed by atoms with Crippen molar-refractivity contribution >= 4 is 37.6 Å². The first-order valence-corrected chi connectivity index (χ1v) is 12.5. The van der Waals surface area contributed by atoms with Gasteiger partial charge in [-0.3, -0.25) is 9.59 Å². The summed E-state index contributed by atoms with van der Waals surface area (Å²) in [5.41, 5.74) is 0.791. The first-order chi connectivity index (χ1) is 18.0. The van der Waals surface area contributed by atoms with Crippen molar-refractivity contribution in [2.75, 3.05) is 21.3 Å². The number of allylic oxidation sites excluding steroid dienone is 1. The van der Waals surface area contributed by atoms with Crippen LogP contribution in [0.25, 0.3) is 20.3 Å². The van der Waals surface area contributed by atoms with E-state index in [1.807, 2.05) is 42.5 Å². The van der Waals surface area contributed by atoms with Crippen molar-refractivity contribution in [2.45, 2.75) is 24.9 Å². The molecule has 0 bridgehead atoms. The molecule has 0 amide bonds. The predicted octanol–water partition coefficient (Wildman–Crippen LogP) is 4.90. The fourth-order valence-electron chi connectivity index (χ4n) is 4.87. The van der Waals surface area contributed by atoms with Crippen molar-refractivity contribution < 1.29 is 23.7 Å². The van der Waals surface area contributed by atoms with Crippen molar-refractivity contribution in [1.29, 1.82) is 0 Å². The zero-order valence-electron chi connectivity index (χ0n) is 20.7. The summed E-state index contributed by atoms with van der Waals surface area (Å²) in [7, 11) is 4.78. The highest BCUT2D eigenvalue weighted by molar-refractivity contribution is 7.25. The van der Waals surface area contributed by atoms with Crippen LogP contribution < -0.4 is 10.3 Å². The van der Waals surface area contributed by atoms with E-state index in [4.69, 9.17) is 18.9 Å². The van der Waals surface area contributed by atoms with Crippen LogP contribution in [0.5, 0.6) is 5.75 Å². The number of aromatic amines is 1. The monoisotopic (exact) mass is 518 g/mol. The summed E-state index contributed by atoms with van der Waals surface area (Å²) in [5, 5.41) is 1.19. The number of carbonyl (C=O) groups is 1. The van der Waals surface area contributed by atoms with E-state index < -0.39 is 11.6 Å². The molecule has 0 fully saturated rings. The van der Waals surface area contributed by atoms with Crippen molar-refractivity contribution in [3.8, 4) is 5.75 Å². The molecule has 0 saturated heterocycles. The first kappa shape index (κ1) is 24.7. The van der Waals surface area contributed by atoms with Crippen LogP contribution in [0.3, 0.4) is 0 Å². The van der Waals surface area contributed by atoms with E-state index in [2.05, 4.69) is 9.97 Å². The third kappa shape index (κ3) is 4.63. The van der Waals surface area contributed by atoms with Gasteiger partial charge in [0.15, 0.2) is 11.5 Å². The molecule has 5 rings (SSSR count). The van der Waals surface area contributed by atoms with Crippen LogP contribution in [0.15, 0.2) is 82.8 Å². The minimum Gasteiger partial charge on any atom is -0.494 e. The average molecular weight is 519 g/mol. The Balaban J connectivity index is 1.43. The van der Waals surface area contributed by atoms with E-state index in [0.29, 0.717) is 50.4 Å². The zero-order valence-corrected chi connectivity index (χ0v) is 21.5. The maximum Gasteiger partial charge on any atom is 0.315 e. The second-order valence-corrected chi connectivity index (χ2v) is 9.74. The Morgan fingerprint density at radius 1 is 1.08 bits per heavy atom. The number of nitrogens with zero attached hydrogens (tertiary/aromatic N) is 1. The summed E-state index contributed by atoms with van der Waals surface area (Å²) in [6.07, 6.45) is 4.18. The quantitative estimate of drug-likeness (QED) is 0.262. The standard InChI is InChI=1S/C28H26N2O6S/c1-33-21-12-18(15-28(35-3,25(21)34-2)14-17-8-5-4-6-9-17)13-22(31)36-20-11-7-10-19-23-26(32)29-16-30-27(23)37-24(19)20/h4-12,16H,13-15H2,1-3H3,(H,29,30,32). The molecule has 0 aliphatic heterocycles. The molecule has 1 unspecified atom stereocenters. The Morgan fingerprint density at radius 3 is 2.62 bits per heavy atom. The number of ether oxygens (including phenoxy) is 4. The number of hydrogen-bond donors (Lipinski definition) is 1. The number of H-pyrrole nitrogens is 1. The Hall–Kier alpha value is -3.95. The molecule has 2 aromatic carbocycles. The number of nitrogens with one attached hydrogen (secondary N) is 1. The highest BCUT2D eigenvalue weighted by Gasteiger charge is 2.42. The largest absolute Gasteiger partial charge is 0.494 e. The van der Waals surface area contributed by atoms with Gasteiger partial charge in [-0.1, -0.05) is 48.0 Å². The smallest absolute Gasteiger partial charge is 0.315 e. The van der Waals surface area contributed by atoms with Gasteiger partial charge in [0.25, 0.3) is 5.56 Å². The summed E-state index contributed by atoms with van der Waals surface area (Å²) in [5.74, 6) is 1.04. The maximum absolute atomic E-state index is 13.1. The fraction of sp³-hybridized carbons (Fsp3) is 0.250. The van der Waals surface area contributed by atoms with Gasteiger partial charge in [-0.15, -0.1) is 11.3 Å². The summed E-state index contributed by atoms with van der Waals surface area (Å²) in [6, 6.07) is 15.3. The van der Waals surface area contributed by atoms with Crippen LogP contribution in [0.2, 0.25) is 0 Å². The lowest BCUT2D eigenvalue weighted by molar-refractivity contribution is -0.133. The van der Waals surface area contributed by atoms with E-state index in [-0.39, 0.29) is 12.0 Å². The number of hydrogen-bond acceptors (Lipinski definition) is 8. The minimum absolute atomic E-state index is 0.0316. The first-order valence-electron chi connectivity index (χ1n) is 11.7. The molecule has 2 aromatic heterocycles. The maximum atomic E-state index is 13.1. The predicted molar refractivity (Wildman–Crippen MR) is 142 cm³/mol. The van der Waals surface area contributed by atoms with Gasteiger partial charge >= 0.3 is 5.97 Å². The van der Waals surface area contributed by atoms with Crippen LogP contribution in [-0.2, 0) is 25.4 Å². The molecule has 1 aliphatic rings. The van der Waals surface area contributed by atoms with Crippen molar-refractivity contribution in [3.63, 3.8) is 0 Å². The lowest BCUT2D eigenvalue weighted by Crippen LogP contribution is -2.41. The van der Waals surface area contributed by atoms with Crippen LogP contribution in [0.4, 0.5) is 0 Å². The molecule has 1 aliphatic carbocycles. The van der Waals surface area contributed by atoms with Crippen molar-refractivity contribution in [3.05, 3.63) is 93.9 Å². The minimum atomic E-state index is -0.843. The molecule has 37 heavy (non-hydrogen) atoms. The molecular weight excluding hydrogens is 492 g/mol. The van der Waals surface area contributed by atoms with E-state index >= 15 is 0 Å². The van der Waals surface area contributed by atoms with Crippen LogP contribution >= 0.6 is 11.3 Å². The summed E-state index contributed by atoms with van der Waals surface area (Å²) in [4.78, 5) is 32.9. The van der Waals surface area contributed by atoms with Crippen LogP contribution in [-0.4, -0.2) is 42.9 Å². The highest BCUT2D eigenvalue weighted by atomic mass is 32.1. The molecule has 2 heterocycles. The third-order valence-electron chi connectivity index (χ3n) is 6.49. The molecule has 0 radical (unpaired) electrons. The number of thiophene rings is 1. The molecule has 1 atom stereocenters. The highest BCUT2D eigenvalue weighted by Crippen LogP contribution is 2.41. The van der Waals surface area contributed by atoms with E-state index in [9.17, 15) is 9.59 Å². The number of rotatable bonds is 8. The average Bonchev–Trinajstić information content (AvgIpc) is 3.30. The van der Waals surface area contributed by atoms with Gasteiger partial charge in [0, 0.05) is 25.3 Å². The Bertz CT molecular complexity index is 1590. The number of benzene rings is 2. The second kappa shape index (κ2) is 10.2. The summed E-state index contributed by atoms with van der Waals surface area (Å²) in [6.45, 7) is 0. The number of carbonyl (C=O) groups excluding carboxylic acids is 1. The summed E-state index contributed by atoms with van der Waals surface area (Å²) < 4.78 is 23.9. The Kier molecular flexibility index (Phi) is 6.82. The topological polar surface area (TPSA) is 99.7 Å². The van der Waals surface area contributed by atoms with E-state index in [1.54, 1.807) is 33.5 Å². The molecular formula is C28H26N2O6S. The molecule has 0 spiro atoms. The van der Waals surface area contributed by atoms with Gasteiger partial charge in [-0.2, -0.15) is 0 Å². The van der Waals surface area contributed by atoms with Gasteiger partial charge in [0.1, 0.15) is 16.2 Å². The molecule has 0 saturated carbocycles. The molecule has 9 heteroatoms. The van der Waals surface area contributed by atoms with Crippen molar-refractivity contribution in [1.82, 2.24) is 9.97 Å². The molecule has 8 nitrogen and oxygen atoms in total. The SMILES string of the molecule is COC1=C(OC)C(Cc2ccccc2)(OC)CC(CC(=O)Oc2cccc3c2sc2nc[nH]c(=O)c23)=C1. The van der Waals surface area contributed by atoms with Crippen LogP contribution in [0.1, 0.15) is 18.4 Å². The normalized spacial score (nSPS) is 17.6. The molecule has 1 N–H and O–H groups in total. The van der Waals surface area contributed by atoms with Gasteiger partial charge in [-0.25, -0.2) is 4.98 Å². The van der Waals surface area contributed by atoms with E-state index in [0.717, 1.165) is 11.1 Å². The zero-order chi connectivity index (χ0) is 26.0. The number of aromatic nitrogens is 2. The lowest BCUT2D eigenvalue weighted by atomic mass is 9.81. The second-order valence-electron chi connectivity index (χ2n) is 8.74. The molecule has 4 aromatic rings. The number of methoxy groups -OCH3 is 3. The van der Waals surface area contributed by atoms with Crippen molar-refractivity contribution in [2.24, 2.45) is 0 Å². The van der Waals surface area contributed by atoms with Crippen LogP contribution in [0, 0.1) is 0 Å². The van der Waals surface area contributed by atoms with E-state index in [1.165, 1.54) is 17.7 Å². The van der Waals surface area contributed by atoms with Gasteiger partial charge in [0.05, 0.1) is 37.1 Å².